The summed E-state index contributed by atoms with van der Waals surface area (Å²) in [6, 6.07) is 15.7. The van der Waals surface area contributed by atoms with Gasteiger partial charge in [0.1, 0.15) is 12.1 Å². The van der Waals surface area contributed by atoms with Gasteiger partial charge in [-0.25, -0.2) is 4.79 Å². The van der Waals surface area contributed by atoms with Crippen LogP contribution >= 0.6 is 0 Å². The Labute approximate surface area is 192 Å². The largest absolute Gasteiger partial charge is 0.459 e. The highest BCUT2D eigenvalue weighted by Crippen LogP contribution is 2.26. The summed E-state index contributed by atoms with van der Waals surface area (Å²) < 4.78 is 5.42. The molecule has 0 atom stereocenters. The van der Waals surface area contributed by atoms with Crippen LogP contribution in [0.4, 0.5) is 16.2 Å². The minimum Gasteiger partial charge on any atom is -0.459 e. The smallest absolute Gasteiger partial charge is 0.326 e. The van der Waals surface area contributed by atoms with E-state index >= 15 is 0 Å². The zero-order valence-electron chi connectivity index (χ0n) is 19.2. The zero-order chi connectivity index (χ0) is 24.0. The summed E-state index contributed by atoms with van der Waals surface area (Å²) in [6.07, 6.45) is 1.66. The van der Waals surface area contributed by atoms with Crippen molar-refractivity contribution in [2.75, 3.05) is 23.3 Å². The maximum atomic E-state index is 13.2. The normalized spacial score (nSPS) is 11.0. The van der Waals surface area contributed by atoms with Crippen LogP contribution in [0.15, 0.2) is 60.8 Å². The van der Waals surface area contributed by atoms with Crippen LogP contribution in [0.25, 0.3) is 10.9 Å². The van der Waals surface area contributed by atoms with Crippen molar-refractivity contribution in [2.45, 2.75) is 33.3 Å². The van der Waals surface area contributed by atoms with Crippen molar-refractivity contribution in [2.24, 2.45) is 0 Å². The van der Waals surface area contributed by atoms with Crippen molar-refractivity contribution in [1.82, 2.24) is 10.3 Å². The third-order valence-electron chi connectivity index (χ3n) is 4.60. The molecule has 33 heavy (non-hydrogen) atoms. The van der Waals surface area contributed by atoms with Gasteiger partial charge in [0.25, 0.3) is 0 Å². The zero-order valence-corrected chi connectivity index (χ0v) is 19.2. The molecular formula is C25H28N4O4. The highest BCUT2D eigenvalue weighted by Gasteiger charge is 2.25. The molecule has 8 heteroatoms. The van der Waals surface area contributed by atoms with E-state index in [9.17, 15) is 14.4 Å². The van der Waals surface area contributed by atoms with E-state index in [1.165, 1.54) is 4.90 Å². The Hall–Kier alpha value is -3.94. The molecule has 3 amide bonds. The first-order valence-electron chi connectivity index (χ1n) is 10.6. The summed E-state index contributed by atoms with van der Waals surface area (Å²) in [5.74, 6) is -1.02. The summed E-state index contributed by atoms with van der Waals surface area (Å²) in [5.41, 5.74) is 2.11. The number of amides is 3. The summed E-state index contributed by atoms with van der Waals surface area (Å²) in [7, 11) is 0. The van der Waals surface area contributed by atoms with Gasteiger partial charge in [-0.15, -0.1) is 0 Å². The summed E-state index contributed by atoms with van der Waals surface area (Å²) in [4.78, 5) is 43.7. The van der Waals surface area contributed by atoms with Crippen LogP contribution in [0.3, 0.4) is 0 Å². The number of hydrogen-bond donors (Lipinski definition) is 2. The van der Waals surface area contributed by atoms with Gasteiger partial charge >= 0.3 is 12.0 Å². The first kappa shape index (κ1) is 23.7. The topological polar surface area (TPSA) is 101 Å². The number of benzene rings is 2. The van der Waals surface area contributed by atoms with Gasteiger partial charge in [-0.3, -0.25) is 19.5 Å². The predicted molar refractivity (Wildman–Crippen MR) is 128 cm³/mol. The molecule has 0 aliphatic carbocycles. The molecule has 0 aliphatic rings. The van der Waals surface area contributed by atoms with Gasteiger partial charge < -0.3 is 15.4 Å². The van der Waals surface area contributed by atoms with E-state index in [-0.39, 0.29) is 13.1 Å². The average Bonchev–Trinajstić information content (AvgIpc) is 2.74. The fourth-order valence-electron chi connectivity index (χ4n) is 3.28. The number of anilines is 2. The van der Waals surface area contributed by atoms with Crippen molar-refractivity contribution in [3.05, 3.63) is 66.4 Å². The highest BCUT2D eigenvalue weighted by atomic mass is 16.6. The van der Waals surface area contributed by atoms with Crippen LogP contribution in [0.1, 0.15) is 26.3 Å². The lowest BCUT2D eigenvalue weighted by molar-refractivity contribution is -0.153. The summed E-state index contributed by atoms with van der Waals surface area (Å²) in [5, 5.41) is 5.97. The van der Waals surface area contributed by atoms with Gasteiger partial charge in [0.05, 0.1) is 17.7 Å². The lowest BCUT2D eigenvalue weighted by atomic mass is 10.1. The third-order valence-corrected chi connectivity index (χ3v) is 4.60. The Morgan fingerprint density at radius 2 is 1.79 bits per heavy atom. The van der Waals surface area contributed by atoms with Gasteiger partial charge in [-0.1, -0.05) is 18.2 Å². The molecule has 0 radical (unpaired) electrons. The Bertz CT molecular complexity index is 1170. The maximum absolute atomic E-state index is 13.2. The van der Waals surface area contributed by atoms with Crippen LogP contribution < -0.4 is 15.5 Å². The second-order valence-corrected chi connectivity index (χ2v) is 8.59. The number of esters is 1. The Kier molecular flexibility index (Phi) is 7.27. The molecule has 0 unspecified atom stereocenters. The summed E-state index contributed by atoms with van der Waals surface area (Å²) in [6.45, 7) is 6.59. The minimum absolute atomic E-state index is 0.300. The van der Waals surface area contributed by atoms with E-state index in [0.29, 0.717) is 22.3 Å². The first-order chi connectivity index (χ1) is 15.6. The average molecular weight is 449 g/mol. The van der Waals surface area contributed by atoms with Crippen LogP contribution in [-0.2, 0) is 14.3 Å². The predicted octanol–water partition coefficient (Wildman–Crippen LogP) is 4.04. The number of urea groups is 1. The maximum Gasteiger partial charge on any atom is 0.326 e. The van der Waals surface area contributed by atoms with E-state index in [2.05, 4.69) is 15.6 Å². The number of ether oxygens (including phenoxy) is 1. The van der Waals surface area contributed by atoms with E-state index in [0.717, 1.165) is 5.56 Å². The van der Waals surface area contributed by atoms with E-state index in [1.54, 1.807) is 51.2 Å². The molecule has 3 rings (SSSR count). The molecule has 1 aromatic heterocycles. The molecule has 0 fully saturated rings. The van der Waals surface area contributed by atoms with Crippen LogP contribution in [0.5, 0.6) is 0 Å². The number of hydrogen-bond acceptors (Lipinski definition) is 5. The molecule has 8 nitrogen and oxygen atoms in total. The van der Waals surface area contributed by atoms with Gasteiger partial charge in [0.15, 0.2) is 0 Å². The van der Waals surface area contributed by atoms with E-state index < -0.39 is 23.5 Å². The van der Waals surface area contributed by atoms with Crippen molar-refractivity contribution in [3.63, 3.8) is 0 Å². The number of fused-ring (bicyclic) bond motifs is 1. The van der Waals surface area contributed by atoms with Crippen molar-refractivity contribution >= 4 is 40.2 Å². The van der Waals surface area contributed by atoms with Gasteiger partial charge in [0, 0.05) is 17.3 Å². The van der Waals surface area contributed by atoms with E-state index in [1.807, 2.05) is 37.3 Å². The Morgan fingerprint density at radius 3 is 2.52 bits per heavy atom. The monoisotopic (exact) mass is 448 g/mol. The first-order valence-corrected chi connectivity index (χ1v) is 10.6. The molecule has 0 spiro atoms. The molecule has 2 N–H and O–H groups in total. The number of carbonyl (C=O) groups is 3. The molecular weight excluding hydrogens is 420 g/mol. The van der Waals surface area contributed by atoms with Gasteiger partial charge in [0.2, 0.25) is 5.91 Å². The van der Waals surface area contributed by atoms with Crippen LogP contribution in [-0.4, -0.2) is 41.6 Å². The Balaban J connectivity index is 1.78. The Morgan fingerprint density at radius 1 is 1.03 bits per heavy atom. The fraction of sp³-hybridized carbons (Fsp3) is 0.280. The van der Waals surface area contributed by atoms with Crippen LogP contribution in [0, 0.1) is 6.92 Å². The highest BCUT2D eigenvalue weighted by molar-refractivity contribution is 6.06. The van der Waals surface area contributed by atoms with Gasteiger partial charge in [-0.2, -0.15) is 0 Å². The quantitative estimate of drug-likeness (QED) is 0.555. The molecule has 2 aromatic carbocycles. The number of carbonyl (C=O) groups excluding carboxylic acids is 3. The second-order valence-electron chi connectivity index (χ2n) is 8.59. The third kappa shape index (κ3) is 6.77. The molecule has 0 saturated carbocycles. The van der Waals surface area contributed by atoms with Gasteiger partial charge in [-0.05, 0) is 69.7 Å². The molecule has 172 valence electrons. The lowest BCUT2D eigenvalue weighted by Crippen LogP contribution is -2.45. The number of rotatable bonds is 6. The molecule has 0 aliphatic heterocycles. The molecule has 0 saturated heterocycles. The number of aryl methyl sites for hydroxylation is 1. The fourth-order valence-corrected chi connectivity index (χ4v) is 3.28. The van der Waals surface area contributed by atoms with E-state index in [4.69, 9.17) is 4.74 Å². The number of pyridine rings is 1. The summed E-state index contributed by atoms with van der Waals surface area (Å²) >= 11 is 0. The second kappa shape index (κ2) is 10.1. The van der Waals surface area contributed by atoms with Crippen LogP contribution in [0.2, 0.25) is 0 Å². The van der Waals surface area contributed by atoms with Crippen molar-refractivity contribution < 1.29 is 19.1 Å². The number of nitrogens with zero attached hydrogens (tertiary/aromatic N) is 2. The molecule has 1 heterocycles. The molecule has 0 bridgehead atoms. The van der Waals surface area contributed by atoms with Crippen molar-refractivity contribution in [3.8, 4) is 0 Å². The van der Waals surface area contributed by atoms with Crippen molar-refractivity contribution in [1.29, 1.82) is 0 Å². The molecule has 3 aromatic rings. The lowest BCUT2D eigenvalue weighted by Gasteiger charge is -2.26. The number of nitrogens with one attached hydrogen (secondary N) is 2. The number of aromatic nitrogens is 1. The SMILES string of the molecule is Cc1cccc(NC(=O)NCC(=O)N(CC(=O)OC(C)(C)C)c2cccc3ncccc23)c1. The standard InChI is InChI=1S/C25H28N4O4/c1-17-8-5-9-18(14-17)28-24(32)27-15-22(30)29(16-23(31)33-25(2,3)4)21-12-6-11-20-19(21)10-7-13-26-20/h5-14H,15-16H2,1-4H3,(H2,27,28,32). The minimum atomic E-state index is -0.696.